The van der Waals surface area contributed by atoms with Crippen molar-refractivity contribution >= 4 is 5.91 Å². The molecule has 0 fully saturated rings. The van der Waals surface area contributed by atoms with Gasteiger partial charge < -0.3 is 15.5 Å². The predicted octanol–water partition coefficient (Wildman–Crippen LogP) is 16.7. The molecule has 0 aromatic heterocycles. The van der Waals surface area contributed by atoms with Gasteiger partial charge in [-0.2, -0.15) is 0 Å². The highest BCUT2D eigenvalue weighted by Crippen LogP contribution is 2.13. The molecule has 0 saturated carbocycles. The van der Waals surface area contributed by atoms with Crippen LogP contribution in [0, 0.1) is 0 Å². The Balaban J connectivity index is 3.68. The van der Waals surface area contributed by atoms with Crippen molar-refractivity contribution in [2.24, 2.45) is 0 Å². The molecule has 0 saturated heterocycles. The van der Waals surface area contributed by atoms with E-state index in [1.54, 1.807) is 6.08 Å². The number of amides is 1. The molecular weight excluding hydrogens is 759 g/mol. The fourth-order valence-electron chi connectivity index (χ4n) is 6.79. The Hall–Kier alpha value is -3.47. The second kappa shape index (κ2) is 51.9. The van der Waals surface area contributed by atoms with Gasteiger partial charge in [0.2, 0.25) is 5.91 Å². The fraction of sp³-hybridized carbons (Fsp3) is 0.603. The van der Waals surface area contributed by atoms with E-state index in [1.807, 2.05) is 6.08 Å². The standard InChI is InChI=1S/C58H95NO3/c1-3-5-7-9-11-13-15-17-18-19-20-21-22-23-24-25-26-27-28-29-30-31-32-33-34-35-36-37-38-39-40-42-44-46-48-50-52-54-58(62)59-56(55-60)57(61)53-51-49-47-45-43-41-16-14-12-10-8-6-4-2/h5,7,11,13,17-18,20-21,23-24,26-27,29-30,32-33,35-36,38-39,51,53,56-57,60-61H,3-4,6,8-10,12,14-16,19,22,25,28,31,34,37,40-50,52,54-55H2,1-2H3,(H,59,62)/b7-5-,13-11-,18-17-,21-20-,24-23-,27-26-,30-29-,33-32-,36-35-,39-38-,53-51+. The summed E-state index contributed by atoms with van der Waals surface area (Å²) in [5.74, 6) is -0.0855. The van der Waals surface area contributed by atoms with E-state index in [4.69, 9.17) is 0 Å². The van der Waals surface area contributed by atoms with Crippen LogP contribution in [0.5, 0.6) is 0 Å². The summed E-state index contributed by atoms with van der Waals surface area (Å²) >= 11 is 0. The number of aliphatic hydroxyl groups excluding tert-OH is 2. The summed E-state index contributed by atoms with van der Waals surface area (Å²) in [5.41, 5.74) is 0. The van der Waals surface area contributed by atoms with E-state index < -0.39 is 12.1 Å². The first-order valence-corrected chi connectivity index (χ1v) is 25.4. The molecular formula is C58H95NO3. The van der Waals surface area contributed by atoms with E-state index in [2.05, 4.69) is 141 Å². The third-order valence-corrected chi connectivity index (χ3v) is 10.6. The van der Waals surface area contributed by atoms with Crippen molar-refractivity contribution in [3.05, 3.63) is 134 Å². The molecule has 4 heteroatoms. The van der Waals surface area contributed by atoms with Gasteiger partial charge in [0.15, 0.2) is 0 Å². The number of carbonyl (C=O) groups excluding carboxylic acids is 1. The molecule has 1 amide bonds. The Morgan fingerprint density at radius 1 is 0.403 bits per heavy atom. The highest BCUT2D eigenvalue weighted by molar-refractivity contribution is 5.76. The molecule has 0 spiro atoms. The van der Waals surface area contributed by atoms with Crippen molar-refractivity contribution in [2.75, 3.05) is 6.61 Å². The number of carbonyl (C=O) groups is 1. The molecule has 0 heterocycles. The number of nitrogens with one attached hydrogen (secondary N) is 1. The maximum atomic E-state index is 12.4. The maximum Gasteiger partial charge on any atom is 0.220 e. The predicted molar refractivity (Wildman–Crippen MR) is 275 cm³/mol. The number of aliphatic hydroxyl groups is 2. The summed E-state index contributed by atoms with van der Waals surface area (Å²) in [6.45, 7) is 4.17. The third-order valence-electron chi connectivity index (χ3n) is 10.6. The second-order valence-corrected chi connectivity index (χ2v) is 16.5. The summed E-state index contributed by atoms with van der Waals surface area (Å²) in [5, 5.41) is 23.0. The number of hydrogen-bond acceptors (Lipinski definition) is 3. The van der Waals surface area contributed by atoms with Gasteiger partial charge in [-0.1, -0.05) is 237 Å². The first kappa shape index (κ1) is 58.5. The Morgan fingerprint density at radius 2 is 0.710 bits per heavy atom. The largest absolute Gasteiger partial charge is 0.394 e. The van der Waals surface area contributed by atoms with E-state index in [0.29, 0.717) is 6.42 Å². The topological polar surface area (TPSA) is 69.6 Å². The van der Waals surface area contributed by atoms with Crippen molar-refractivity contribution in [3.8, 4) is 0 Å². The normalized spacial score (nSPS) is 14.1. The van der Waals surface area contributed by atoms with Gasteiger partial charge in [-0.15, -0.1) is 0 Å². The van der Waals surface area contributed by atoms with Crippen molar-refractivity contribution < 1.29 is 15.0 Å². The SMILES string of the molecule is CC/C=C\C/C=C\C/C=C\C/C=C\C/C=C\C/C=C\C/C=C\C/C=C\C/C=C\C/C=C\CCCCCCCCC(=O)NC(CO)C(O)/C=C/CCCCCCCCCCCCC. The van der Waals surface area contributed by atoms with Gasteiger partial charge in [-0.25, -0.2) is 0 Å². The van der Waals surface area contributed by atoms with Crippen LogP contribution >= 0.6 is 0 Å². The van der Waals surface area contributed by atoms with E-state index in [1.165, 1.54) is 83.5 Å². The number of hydrogen-bond donors (Lipinski definition) is 3. The monoisotopic (exact) mass is 854 g/mol. The van der Waals surface area contributed by atoms with Crippen LogP contribution in [-0.4, -0.2) is 34.9 Å². The molecule has 62 heavy (non-hydrogen) atoms. The lowest BCUT2D eigenvalue weighted by Gasteiger charge is -2.20. The van der Waals surface area contributed by atoms with Crippen LogP contribution in [0.15, 0.2) is 134 Å². The van der Waals surface area contributed by atoms with Crippen LogP contribution in [0.2, 0.25) is 0 Å². The molecule has 2 unspecified atom stereocenters. The van der Waals surface area contributed by atoms with E-state index >= 15 is 0 Å². The zero-order chi connectivity index (χ0) is 44.9. The lowest BCUT2D eigenvalue weighted by molar-refractivity contribution is -0.123. The van der Waals surface area contributed by atoms with Crippen LogP contribution < -0.4 is 5.32 Å². The van der Waals surface area contributed by atoms with Gasteiger partial charge >= 0.3 is 0 Å². The minimum absolute atomic E-state index is 0.0855. The van der Waals surface area contributed by atoms with Crippen LogP contribution in [-0.2, 0) is 4.79 Å². The summed E-state index contributed by atoms with van der Waals surface area (Å²) in [4.78, 5) is 12.4. The van der Waals surface area contributed by atoms with E-state index in [-0.39, 0.29) is 12.5 Å². The molecule has 0 aliphatic heterocycles. The molecule has 0 aliphatic rings. The molecule has 4 nitrogen and oxygen atoms in total. The van der Waals surface area contributed by atoms with Crippen LogP contribution in [0.3, 0.4) is 0 Å². The third kappa shape index (κ3) is 47.6. The molecule has 0 aromatic rings. The van der Waals surface area contributed by atoms with Crippen LogP contribution in [0.25, 0.3) is 0 Å². The summed E-state index contributed by atoms with van der Waals surface area (Å²) in [6, 6.07) is -0.639. The molecule has 0 aromatic carbocycles. The Morgan fingerprint density at radius 3 is 1.06 bits per heavy atom. The average Bonchev–Trinajstić information content (AvgIpc) is 3.28. The Labute approximate surface area is 383 Å². The van der Waals surface area contributed by atoms with Crippen molar-refractivity contribution in [3.63, 3.8) is 0 Å². The fourth-order valence-corrected chi connectivity index (χ4v) is 6.79. The number of unbranched alkanes of at least 4 members (excludes halogenated alkanes) is 17. The zero-order valence-corrected chi connectivity index (χ0v) is 40.1. The minimum Gasteiger partial charge on any atom is -0.394 e. The average molecular weight is 854 g/mol. The van der Waals surface area contributed by atoms with Gasteiger partial charge in [0.25, 0.3) is 0 Å². The van der Waals surface area contributed by atoms with Gasteiger partial charge in [0.1, 0.15) is 0 Å². The van der Waals surface area contributed by atoms with Gasteiger partial charge in [-0.3, -0.25) is 4.79 Å². The summed E-state index contributed by atoms with van der Waals surface area (Å²) < 4.78 is 0. The number of allylic oxidation sites excluding steroid dienone is 21. The first-order valence-electron chi connectivity index (χ1n) is 25.4. The van der Waals surface area contributed by atoms with Gasteiger partial charge in [0.05, 0.1) is 18.8 Å². The highest BCUT2D eigenvalue weighted by Gasteiger charge is 2.17. The first-order chi connectivity index (χ1) is 30.7. The molecule has 0 radical (unpaired) electrons. The van der Waals surface area contributed by atoms with Crippen molar-refractivity contribution in [1.29, 1.82) is 0 Å². The molecule has 350 valence electrons. The lowest BCUT2D eigenvalue weighted by Crippen LogP contribution is -2.45. The smallest absolute Gasteiger partial charge is 0.220 e. The Kier molecular flexibility index (Phi) is 49.0. The summed E-state index contributed by atoms with van der Waals surface area (Å²) in [7, 11) is 0. The van der Waals surface area contributed by atoms with Crippen LogP contribution in [0.4, 0.5) is 0 Å². The molecule has 3 N–H and O–H groups in total. The maximum absolute atomic E-state index is 12.4. The summed E-state index contributed by atoms with van der Waals surface area (Å²) in [6.07, 6.45) is 81.5. The second-order valence-electron chi connectivity index (χ2n) is 16.5. The van der Waals surface area contributed by atoms with E-state index in [0.717, 1.165) is 103 Å². The minimum atomic E-state index is -0.854. The van der Waals surface area contributed by atoms with Gasteiger partial charge in [-0.05, 0) is 96.3 Å². The van der Waals surface area contributed by atoms with Crippen molar-refractivity contribution in [1.82, 2.24) is 5.32 Å². The molecule has 2 atom stereocenters. The number of rotatable bonds is 44. The van der Waals surface area contributed by atoms with Crippen molar-refractivity contribution in [2.45, 2.75) is 219 Å². The molecule has 0 aliphatic carbocycles. The zero-order valence-electron chi connectivity index (χ0n) is 40.1. The molecule has 0 bridgehead atoms. The van der Waals surface area contributed by atoms with Gasteiger partial charge in [0, 0.05) is 6.42 Å². The lowest BCUT2D eigenvalue weighted by atomic mass is 10.0. The van der Waals surface area contributed by atoms with E-state index in [9.17, 15) is 15.0 Å². The van der Waals surface area contributed by atoms with Crippen LogP contribution in [0.1, 0.15) is 206 Å². The Bertz CT molecular complexity index is 1290. The highest BCUT2D eigenvalue weighted by atomic mass is 16.3. The quantitative estimate of drug-likeness (QED) is 0.0422. The molecule has 0 rings (SSSR count).